The minimum absolute atomic E-state index is 0.139. The van der Waals surface area contributed by atoms with Gasteiger partial charge in [-0.1, -0.05) is 0 Å². The van der Waals surface area contributed by atoms with E-state index in [0.717, 1.165) is 38.8 Å². The number of rotatable bonds is 6. The van der Waals surface area contributed by atoms with E-state index in [9.17, 15) is 9.59 Å². The molecule has 5 heteroatoms. The minimum Gasteiger partial charge on any atom is -0.466 e. The molecule has 0 N–H and O–H groups in total. The van der Waals surface area contributed by atoms with E-state index in [1.807, 2.05) is 18.7 Å². The molecule has 5 nitrogen and oxygen atoms in total. The lowest BCUT2D eigenvalue weighted by molar-refractivity contribution is -0.151. The molecule has 1 heterocycles. The maximum atomic E-state index is 12.3. The van der Waals surface area contributed by atoms with Crippen LogP contribution in [0.3, 0.4) is 0 Å². The van der Waals surface area contributed by atoms with E-state index in [1.165, 1.54) is 0 Å². The topological polar surface area (TPSA) is 55.8 Å². The zero-order chi connectivity index (χ0) is 15.2. The number of carbonyl (C=O) groups is 2. The first-order valence-corrected chi connectivity index (χ1v) is 8.20. The molecule has 0 bridgehead atoms. The SMILES string of the molecule is CCOC(=O)[C@H]1CCCN(C(=O)CC2CC(OCC)C2)C1. The van der Waals surface area contributed by atoms with Crippen LogP contribution in [0, 0.1) is 11.8 Å². The molecule has 1 atom stereocenters. The van der Waals surface area contributed by atoms with Gasteiger partial charge < -0.3 is 14.4 Å². The molecule has 1 amide bonds. The first-order chi connectivity index (χ1) is 10.1. The molecule has 1 saturated carbocycles. The fourth-order valence-corrected chi connectivity index (χ4v) is 3.25. The number of ether oxygens (including phenoxy) is 2. The van der Waals surface area contributed by atoms with Gasteiger partial charge in [0.1, 0.15) is 0 Å². The molecule has 1 aliphatic heterocycles. The van der Waals surface area contributed by atoms with Gasteiger partial charge in [-0.3, -0.25) is 9.59 Å². The quantitative estimate of drug-likeness (QED) is 0.704. The summed E-state index contributed by atoms with van der Waals surface area (Å²) in [4.78, 5) is 26.0. The zero-order valence-electron chi connectivity index (χ0n) is 13.2. The number of hydrogen-bond donors (Lipinski definition) is 0. The summed E-state index contributed by atoms with van der Waals surface area (Å²) < 4.78 is 10.6. The van der Waals surface area contributed by atoms with Crippen LogP contribution in [0.15, 0.2) is 0 Å². The highest BCUT2D eigenvalue weighted by molar-refractivity contribution is 5.78. The minimum atomic E-state index is -0.157. The second kappa shape index (κ2) is 7.78. The van der Waals surface area contributed by atoms with Gasteiger partial charge in [-0.05, 0) is 45.4 Å². The Morgan fingerprint density at radius 1 is 1.19 bits per heavy atom. The van der Waals surface area contributed by atoms with Crippen molar-refractivity contribution in [3.8, 4) is 0 Å². The number of esters is 1. The van der Waals surface area contributed by atoms with Crippen LogP contribution in [0.5, 0.6) is 0 Å². The van der Waals surface area contributed by atoms with Crippen molar-refractivity contribution in [1.82, 2.24) is 4.90 Å². The molecule has 0 spiro atoms. The molecule has 2 rings (SSSR count). The van der Waals surface area contributed by atoms with Gasteiger partial charge in [-0.2, -0.15) is 0 Å². The van der Waals surface area contributed by atoms with E-state index in [2.05, 4.69) is 0 Å². The molecule has 0 aromatic heterocycles. The standard InChI is InChI=1S/C16H27NO4/c1-3-20-14-8-12(9-14)10-15(18)17-7-5-6-13(11-17)16(19)21-4-2/h12-14H,3-11H2,1-2H3/t12?,13-,14?/m0/s1. The first-order valence-electron chi connectivity index (χ1n) is 8.20. The van der Waals surface area contributed by atoms with Crippen molar-refractivity contribution in [1.29, 1.82) is 0 Å². The van der Waals surface area contributed by atoms with Crippen LogP contribution < -0.4 is 0 Å². The summed E-state index contributed by atoms with van der Waals surface area (Å²) in [6.45, 7) is 6.27. The van der Waals surface area contributed by atoms with Crippen molar-refractivity contribution in [3.63, 3.8) is 0 Å². The molecule has 0 aromatic carbocycles. The van der Waals surface area contributed by atoms with Crippen LogP contribution in [0.2, 0.25) is 0 Å². The maximum Gasteiger partial charge on any atom is 0.310 e. The third-order valence-electron chi connectivity index (χ3n) is 4.45. The number of amides is 1. The Morgan fingerprint density at radius 3 is 2.62 bits per heavy atom. The normalized spacial score (nSPS) is 28.9. The predicted molar refractivity (Wildman–Crippen MR) is 78.7 cm³/mol. The highest BCUT2D eigenvalue weighted by Gasteiger charge is 2.34. The molecule has 21 heavy (non-hydrogen) atoms. The summed E-state index contributed by atoms with van der Waals surface area (Å²) in [5, 5.41) is 0. The van der Waals surface area contributed by atoms with Crippen molar-refractivity contribution >= 4 is 11.9 Å². The van der Waals surface area contributed by atoms with Gasteiger partial charge in [0, 0.05) is 26.1 Å². The lowest BCUT2D eigenvalue weighted by atomic mass is 9.79. The van der Waals surface area contributed by atoms with Gasteiger partial charge in [0.05, 0.1) is 18.6 Å². The predicted octanol–water partition coefficient (Wildman–Crippen LogP) is 1.99. The molecular weight excluding hydrogens is 270 g/mol. The molecule has 2 aliphatic rings. The number of nitrogens with zero attached hydrogens (tertiary/aromatic N) is 1. The van der Waals surface area contributed by atoms with Crippen molar-refractivity contribution in [3.05, 3.63) is 0 Å². The summed E-state index contributed by atoms with van der Waals surface area (Å²) in [5.74, 6) is 0.344. The van der Waals surface area contributed by atoms with Crippen molar-refractivity contribution in [2.45, 2.75) is 52.1 Å². The first kappa shape index (κ1) is 16.3. The Hall–Kier alpha value is -1.10. The van der Waals surface area contributed by atoms with Gasteiger partial charge in [0.25, 0.3) is 0 Å². The van der Waals surface area contributed by atoms with Crippen molar-refractivity contribution in [2.24, 2.45) is 11.8 Å². The fourth-order valence-electron chi connectivity index (χ4n) is 3.25. The van der Waals surface area contributed by atoms with E-state index in [4.69, 9.17) is 9.47 Å². The van der Waals surface area contributed by atoms with Crippen LogP contribution in [0.25, 0.3) is 0 Å². The monoisotopic (exact) mass is 297 g/mol. The summed E-state index contributed by atoms with van der Waals surface area (Å²) in [7, 11) is 0. The second-order valence-corrected chi connectivity index (χ2v) is 6.05. The van der Waals surface area contributed by atoms with Crippen LogP contribution in [-0.4, -0.2) is 49.2 Å². The smallest absolute Gasteiger partial charge is 0.310 e. The number of likely N-dealkylation sites (tertiary alicyclic amines) is 1. The summed E-state index contributed by atoms with van der Waals surface area (Å²) in [6.07, 6.45) is 4.66. The number of carbonyl (C=O) groups excluding carboxylic acids is 2. The van der Waals surface area contributed by atoms with Gasteiger partial charge in [-0.25, -0.2) is 0 Å². The van der Waals surface area contributed by atoms with Crippen LogP contribution >= 0.6 is 0 Å². The van der Waals surface area contributed by atoms with Gasteiger partial charge in [-0.15, -0.1) is 0 Å². The lowest BCUT2D eigenvalue weighted by Crippen LogP contribution is -2.44. The third-order valence-corrected chi connectivity index (χ3v) is 4.45. The second-order valence-electron chi connectivity index (χ2n) is 6.05. The molecule has 0 unspecified atom stereocenters. The highest BCUT2D eigenvalue weighted by atomic mass is 16.5. The average Bonchev–Trinajstić information content (AvgIpc) is 2.45. The number of hydrogen-bond acceptors (Lipinski definition) is 4. The van der Waals surface area contributed by atoms with Gasteiger partial charge >= 0.3 is 5.97 Å². The molecular formula is C16H27NO4. The Morgan fingerprint density at radius 2 is 1.95 bits per heavy atom. The van der Waals surface area contributed by atoms with E-state index >= 15 is 0 Å². The summed E-state index contributed by atoms with van der Waals surface area (Å²) >= 11 is 0. The zero-order valence-corrected chi connectivity index (χ0v) is 13.2. The molecule has 0 aromatic rings. The molecule has 1 saturated heterocycles. The van der Waals surface area contributed by atoms with Crippen LogP contribution in [0.1, 0.15) is 46.0 Å². The van der Waals surface area contributed by atoms with E-state index in [0.29, 0.717) is 31.6 Å². The third kappa shape index (κ3) is 4.43. The highest BCUT2D eigenvalue weighted by Crippen LogP contribution is 2.33. The van der Waals surface area contributed by atoms with E-state index < -0.39 is 0 Å². The van der Waals surface area contributed by atoms with E-state index in [1.54, 1.807) is 0 Å². The summed E-state index contributed by atoms with van der Waals surface area (Å²) in [5.41, 5.74) is 0. The average molecular weight is 297 g/mol. The van der Waals surface area contributed by atoms with Gasteiger partial charge in [0.15, 0.2) is 0 Å². The Bertz CT molecular complexity index is 365. The largest absolute Gasteiger partial charge is 0.466 e. The Labute approximate surface area is 127 Å². The Kier molecular flexibility index (Phi) is 6.03. The Balaban J connectivity index is 1.74. The van der Waals surface area contributed by atoms with Crippen LogP contribution in [0.4, 0.5) is 0 Å². The van der Waals surface area contributed by atoms with Crippen molar-refractivity contribution < 1.29 is 19.1 Å². The molecule has 2 fully saturated rings. The van der Waals surface area contributed by atoms with E-state index in [-0.39, 0.29) is 17.8 Å². The van der Waals surface area contributed by atoms with Crippen LogP contribution in [-0.2, 0) is 19.1 Å². The number of piperidine rings is 1. The summed E-state index contributed by atoms with van der Waals surface area (Å²) in [6, 6.07) is 0. The molecule has 0 radical (unpaired) electrons. The molecule has 1 aliphatic carbocycles. The lowest BCUT2D eigenvalue weighted by Gasteiger charge is -2.37. The van der Waals surface area contributed by atoms with Gasteiger partial charge in [0.2, 0.25) is 5.91 Å². The maximum absolute atomic E-state index is 12.3. The fraction of sp³-hybridized carbons (Fsp3) is 0.875. The molecule has 120 valence electrons. The van der Waals surface area contributed by atoms with Crippen molar-refractivity contribution in [2.75, 3.05) is 26.3 Å².